The fraction of sp³-hybridized carbons (Fsp3) is 0.217. The Kier molecular flexibility index (Phi) is 5.26. The largest absolute Gasteiger partial charge is 0.506 e. The number of amides is 1. The summed E-state index contributed by atoms with van der Waals surface area (Å²) < 4.78 is 5.29. The van der Waals surface area contributed by atoms with E-state index in [1.165, 1.54) is 12.1 Å². The summed E-state index contributed by atoms with van der Waals surface area (Å²) in [5, 5.41) is 14.6. The first-order chi connectivity index (χ1) is 14.3. The number of para-hydroxylation sites is 1. The van der Waals surface area contributed by atoms with Crippen molar-refractivity contribution in [3.63, 3.8) is 0 Å². The Morgan fingerprint density at radius 2 is 2.03 bits per heavy atom. The van der Waals surface area contributed by atoms with Gasteiger partial charge in [0.05, 0.1) is 17.0 Å². The van der Waals surface area contributed by atoms with E-state index in [2.05, 4.69) is 10.3 Å². The number of phenolic OH excluding ortho intramolecular Hbond substituents is 1. The van der Waals surface area contributed by atoms with Crippen molar-refractivity contribution in [3.8, 4) is 5.75 Å². The molecule has 0 spiro atoms. The number of hydrogen-bond acceptors (Lipinski definition) is 4. The van der Waals surface area contributed by atoms with Gasteiger partial charge in [-0.3, -0.25) is 4.79 Å². The zero-order valence-corrected chi connectivity index (χ0v) is 17.3. The molecule has 6 nitrogen and oxygen atoms in total. The van der Waals surface area contributed by atoms with Crippen molar-refractivity contribution in [2.24, 2.45) is 0 Å². The van der Waals surface area contributed by atoms with Crippen LogP contribution in [0, 0.1) is 6.92 Å². The molecule has 0 saturated carbocycles. The fourth-order valence-electron chi connectivity index (χ4n) is 3.77. The predicted molar refractivity (Wildman–Crippen MR) is 117 cm³/mol. The summed E-state index contributed by atoms with van der Waals surface area (Å²) in [6, 6.07) is 10.7. The SMILES string of the molecule is Cc1c(CC(=O)N[C@H](C)Cc2c[nH]c3ccccc23)c(=O)oc2cc(O)c(Cl)cc12. The molecule has 0 bridgehead atoms. The summed E-state index contributed by atoms with van der Waals surface area (Å²) in [4.78, 5) is 28.3. The van der Waals surface area contributed by atoms with Crippen LogP contribution in [0.25, 0.3) is 21.9 Å². The lowest BCUT2D eigenvalue weighted by Crippen LogP contribution is -2.36. The van der Waals surface area contributed by atoms with E-state index < -0.39 is 5.63 Å². The molecule has 30 heavy (non-hydrogen) atoms. The minimum absolute atomic E-state index is 0.0964. The molecule has 2 aromatic heterocycles. The maximum Gasteiger partial charge on any atom is 0.340 e. The van der Waals surface area contributed by atoms with Crippen molar-refractivity contribution in [3.05, 3.63) is 74.7 Å². The first kappa shape index (κ1) is 20.0. The highest BCUT2D eigenvalue weighted by molar-refractivity contribution is 6.32. The zero-order chi connectivity index (χ0) is 21.4. The number of H-pyrrole nitrogens is 1. The van der Waals surface area contributed by atoms with Crippen LogP contribution in [0.2, 0.25) is 5.02 Å². The quantitative estimate of drug-likeness (QED) is 0.418. The van der Waals surface area contributed by atoms with Crippen LogP contribution >= 0.6 is 11.6 Å². The number of benzene rings is 2. The molecule has 7 heteroatoms. The first-order valence-electron chi connectivity index (χ1n) is 9.62. The van der Waals surface area contributed by atoms with Gasteiger partial charge in [0, 0.05) is 34.6 Å². The van der Waals surface area contributed by atoms with Gasteiger partial charge in [0.2, 0.25) is 5.91 Å². The topological polar surface area (TPSA) is 95.3 Å². The van der Waals surface area contributed by atoms with Crippen molar-refractivity contribution in [2.75, 3.05) is 0 Å². The molecule has 0 radical (unpaired) electrons. The Hall–Kier alpha value is -3.25. The molecule has 0 aliphatic heterocycles. The van der Waals surface area contributed by atoms with E-state index in [1.807, 2.05) is 37.4 Å². The maximum absolute atomic E-state index is 12.6. The second-order valence-corrected chi connectivity index (χ2v) is 7.91. The lowest BCUT2D eigenvalue weighted by Gasteiger charge is -2.14. The number of aryl methyl sites for hydroxylation is 1. The summed E-state index contributed by atoms with van der Waals surface area (Å²) in [6.07, 6.45) is 2.52. The van der Waals surface area contributed by atoms with E-state index in [1.54, 1.807) is 6.92 Å². The van der Waals surface area contributed by atoms with Crippen LogP contribution in [0.1, 0.15) is 23.6 Å². The van der Waals surface area contributed by atoms with Crippen LogP contribution in [0.15, 0.2) is 51.8 Å². The van der Waals surface area contributed by atoms with Gasteiger partial charge in [-0.2, -0.15) is 0 Å². The third-order valence-electron chi connectivity index (χ3n) is 5.30. The molecule has 4 rings (SSSR count). The molecular formula is C23H21ClN2O4. The Labute approximate surface area is 177 Å². The van der Waals surface area contributed by atoms with Gasteiger partial charge in [-0.15, -0.1) is 0 Å². The number of nitrogens with one attached hydrogen (secondary N) is 2. The summed E-state index contributed by atoms with van der Waals surface area (Å²) in [6.45, 7) is 3.67. The molecule has 0 unspecified atom stereocenters. The van der Waals surface area contributed by atoms with Gasteiger partial charge in [0.1, 0.15) is 11.3 Å². The highest BCUT2D eigenvalue weighted by Crippen LogP contribution is 2.30. The van der Waals surface area contributed by atoms with Gasteiger partial charge in [-0.1, -0.05) is 29.8 Å². The smallest absolute Gasteiger partial charge is 0.340 e. The van der Waals surface area contributed by atoms with Gasteiger partial charge in [0.15, 0.2) is 0 Å². The number of fused-ring (bicyclic) bond motifs is 2. The Morgan fingerprint density at radius 3 is 2.83 bits per heavy atom. The van der Waals surface area contributed by atoms with E-state index in [0.29, 0.717) is 17.4 Å². The average molecular weight is 425 g/mol. The van der Waals surface area contributed by atoms with E-state index in [0.717, 1.165) is 16.5 Å². The van der Waals surface area contributed by atoms with Crippen LogP contribution in [0.3, 0.4) is 0 Å². The van der Waals surface area contributed by atoms with Gasteiger partial charge in [-0.05, 0) is 43.5 Å². The average Bonchev–Trinajstić information content (AvgIpc) is 3.10. The van der Waals surface area contributed by atoms with Crippen LogP contribution in [-0.4, -0.2) is 22.0 Å². The number of aromatic amines is 1. The van der Waals surface area contributed by atoms with Gasteiger partial charge < -0.3 is 19.8 Å². The second kappa shape index (κ2) is 7.88. The Morgan fingerprint density at radius 1 is 1.27 bits per heavy atom. The summed E-state index contributed by atoms with van der Waals surface area (Å²) in [7, 11) is 0. The predicted octanol–water partition coefficient (Wildman–Crippen LogP) is 4.23. The molecule has 4 aromatic rings. The molecule has 154 valence electrons. The number of hydrogen-bond donors (Lipinski definition) is 3. The number of rotatable bonds is 5. The standard InChI is InChI=1S/C23H21ClN2O4/c1-12(7-14-11-25-19-6-4-3-5-15(14)19)26-22(28)9-17-13(2)16-8-18(24)20(27)10-21(16)30-23(17)29/h3-6,8,10-12,25,27H,7,9H2,1-2H3,(H,26,28)/t12-/m1/s1. The van der Waals surface area contributed by atoms with E-state index in [4.69, 9.17) is 16.0 Å². The van der Waals surface area contributed by atoms with E-state index >= 15 is 0 Å². The van der Waals surface area contributed by atoms with Crippen LogP contribution < -0.4 is 10.9 Å². The zero-order valence-electron chi connectivity index (χ0n) is 16.6. The molecule has 2 aromatic carbocycles. The molecule has 1 atom stereocenters. The van der Waals surface area contributed by atoms with Crippen molar-refractivity contribution in [1.82, 2.24) is 10.3 Å². The number of carbonyl (C=O) groups is 1. The van der Waals surface area contributed by atoms with Crippen molar-refractivity contribution in [1.29, 1.82) is 0 Å². The molecular weight excluding hydrogens is 404 g/mol. The molecule has 1 amide bonds. The van der Waals surface area contributed by atoms with Gasteiger partial charge >= 0.3 is 5.63 Å². The van der Waals surface area contributed by atoms with Crippen molar-refractivity contribution >= 4 is 39.4 Å². The van der Waals surface area contributed by atoms with Crippen molar-refractivity contribution in [2.45, 2.75) is 32.7 Å². The summed E-state index contributed by atoms with van der Waals surface area (Å²) in [5.74, 6) is -0.426. The summed E-state index contributed by atoms with van der Waals surface area (Å²) in [5.41, 5.74) is 2.70. The number of aromatic nitrogens is 1. The van der Waals surface area contributed by atoms with E-state index in [-0.39, 0.29) is 40.3 Å². The minimum Gasteiger partial charge on any atom is -0.506 e. The van der Waals surface area contributed by atoms with Crippen LogP contribution in [-0.2, 0) is 17.6 Å². The molecule has 2 heterocycles. The lowest BCUT2D eigenvalue weighted by atomic mass is 10.0. The number of carbonyl (C=O) groups excluding carboxylic acids is 1. The normalized spacial score (nSPS) is 12.4. The Balaban J connectivity index is 1.51. The highest BCUT2D eigenvalue weighted by atomic mass is 35.5. The van der Waals surface area contributed by atoms with Crippen LogP contribution in [0.4, 0.5) is 0 Å². The molecule has 0 saturated heterocycles. The third kappa shape index (κ3) is 3.78. The van der Waals surface area contributed by atoms with Gasteiger partial charge in [-0.25, -0.2) is 4.79 Å². The van der Waals surface area contributed by atoms with Crippen LogP contribution in [0.5, 0.6) is 5.75 Å². The first-order valence-corrected chi connectivity index (χ1v) is 10.0. The summed E-state index contributed by atoms with van der Waals surface area (Å²) >= 11 is 5.98. The molecule has 0 aliphatic rings. The number of aromatic hydroxyl groups is 1. The number of halogens is 1. The van der Waals surface area contributed by atoms with Crippen molar-refractivity contribution < 1.29 is 14.3 Å². The molecule has 0 fully saturated rings. The third-order valence-corrected chi connectivity index (χ3v) is 5.60. The minimum atomic E-state index is -0.596. The number of phenols is 1. The Bertz CT molecular complexity index is 1320. The molecule has 0 aliphatic carbocycles. The highest BCUT2D eigenvalue weighted by Gasteiger charge is 2.18. The maximum atomic E-state index is 12.6. The molecule has 3 N–H and O–H groups in total. The van der Waals surface area contributed by atoms with E-state index in [9.17, 15) is 14.7 Å². The monoisotopic (exact) mass is 424 g/mol. The van der Waals surface area contributed by atoms with Gasteiger partial charge in [0.25, 0.3) is 0 Å². The second-order valence-electron chi connectivity index (χ2n) is 7.50. The fourth-order valence-corrected chi connectivity index (χ4v) is 3.93. The lowest BCUT2D eigenvalue weighted by molar-refractivity contribution is -0.121.